The van der Waals surface area contributed by atoms with E-state index in [1.165, 1.54) is 0 Å². The second kappa shape index (κ2) is 10.5. The average molecular weight is 415 g/mol. The van der Waals surface area contributed by atoms with Crippen molar-refractivity contribution >= 4 is 6.03 Å². The zero-order valence-electron chi connectivity index (χ0n) is 17.3. The Balaban J connectivity index is 1.18. The minimum Gasteiger partial charge on any atom is -0.381 e. The maximum atomic E-state index is 12.5. The predicted octanol–water partition coefficient (Wildman–Crippen LogP) is 2.90. The first kappa shape index (κ1) is 20.8. The van der Waals surface area contributed by atoms with E-state index >= 15 is 0 Å². The first-order valence-electron chi connectivity index (χ1n) is 10.9. The number of carbonyl (C=O) groups excluding carboxylic acids is 1. The van der Waals surface area contributed by atoms with Crippen LogP contribution in [0.15, 0.2) is 34.9 Å². The molecule has 2 aliphatic heterocycles. The maximum Gasteiger partial charge on any atom is 0.317 e. The van der Waals surface area contributed by atoms with E-state index in [2.05, 4.69) is 15.5 Å². The van der Waals surface area contributed by atoms with Crippen LogP contribution in [0.5, 0.6) is 0 Å². The lowest BCUT2D eigenvalue weighted by Crippen LogP contribution is -2.47. The summed E-state index contributed by atoms with van der Waals surface area (Å²) in [5, 5.41) is 7.08. The summed E-state index contributed by atoms with van der Waals surface area (Å²) in [4.78, 5) is 18.9. The van der Waals surface area contributed by atoms with Crippen LogP contribution in [0.1, 0.15) is 48.9 Å². The molecule has 1 N–H and O–H groups in total. The molecule has 0 saturated carbocycles. The molecular formula is C22H30N4O4. The van der Waals surface area contributed by atoms with Crippen molar-refractivity contribution in [2.45, 2.75) is 50.7 Å². The van der Waals surface area contributed by atoms with Gasteiger partial charge in [-0.15, -0.1) is 0 Å². The van der Waals surface area contributed by atoms with E-state index in [0.29, 0.717) is 43.8 Å². The van der Waals surface area contributed by atoms with E-state index in [1.54, 1.807) is 0 Å². The highest BCUT2D eigenvalue weighted by Gasteiger charge is 2.25. The summed E-state index contributed by atoms with van der Waals surface area (Å²) >= 11 is 0. The minimum atomic E-state index is -0.0357. The number of aromatic nitrogens is 2. The fourth-order valence-electron chi connectivity index (χ4n) is 3.94. The van der Waals surface area contributed by atoms with Crippen molar-refractivity contribution < 1.29 is 18.8 Å². The Morgan fingerprint density at radius 1 is 1.20 bits per heavy atom. The minimum absolute atomic E-state index is 0.0357. The number of nitrogens with one attached hydrogen (secondary N) is 1. The van der Waals surface area contributed by atoms with Crippen molar-refractivity contribution in [3.8, 4) is 0 Å². The molecule has 30 heavy (non-hydrogen) atoms. The number of rotatable bonds is 7. The molecule has 4 rings (SSSR count). The molecule has 3 heterocycles. The molecule has 1 unspecified atom stereocenters. The molecule has 162 valence electrons. The van der Waals surface area contributed by atoms with Crippen LogP contribution in [0.3, 0.4) is 0 Å². The van der Waals surface area contributed by atoms with Gasteiger partial charge in [0.25, 0.3) is 0 Å². The first-order chi connectivity index (χ1) is 14.8. The number of nitrogens with zero attached hydrogens (tertiary/aromatic N) is 3. The summed E-state index contributed by atoms with van der Waals surface area (Å²) in [7, 11) is 0. The lowest BCUT2D eigenvalue weighted by atomic mass is 10.0. The largest absolute Gasteiger partial charge is 0.381 e. The molecule has 8 heteroatoms. The highest BCUT2D eigenvalue weighted by atomic mass is 16.5. The van der Waals surface area contributed by atoms with Crippen LogP contribution in [0.25, 0.3) is 0 Å². The van der Waals surface area contributed by atoms with Gasteiger partial charge in [-0.25, -0.2) is 4.79 Å². The third-order valence-electron chi connectivity index (χ3n) is 5.69. The van der Waals surface area contributed by atoms with Crippen molar-refractivity contribution in [1.82, 2.24) is 20.4 Å². The molecule has 1 aromatic heterocycles. The van der Waals surface area contributed by atoms with Gasteiger partial charge in [0.15, 0.2) is 5.82 Å². The molecule has 8 nitrogen and oxygen atoms in total. The maximum absolute atomic E-state index is 12.5. The van der Waals surface area contributed by atoms with Crippen molar-refractivity contribution in [2.24, 2.45) is 0 Å². The average Bonchev–Trinajstić information content (AvgIpc) is 3.28. The first-order valence-corrected chi connectivity index (χ1v) is 10.9. The van der Waals surface area contributed by atoms with Crippen LogP contribution >= 0.6 is 0 Å². The standard InChI is InChI=1S/C22H30N4O4/c27-22(23-15-17-5-2-1-3-6-17)26-11-4-7-19(16-26)29-14-10-20-24-21(30-25-20)18-8-12-28-13-9-18/h1-3,5-6,18-19H,4,7-16H2,(H,23,27). The molecule has 2 fully saturated rings. The Kier molecular flexibility index (Phi) is 7.31. The zero-order chi connectivity index (χ0) is 20.6. The predicted molar refractivity (Wildman–Crippen MR) is 110 cm³/mol. The lowest BCUT2D eigenvalue weighted by Gasteiger charge is -2.32. The van der Waals surface area contributed by atoms with Crippen LogP contribution in [-0.2, 0) is 22.4 Å². The molecule has 1 atom stereocenters. The van der Waals surface area contributed by atoms with Gasteiger partial charge in [-0.1, -0.05) is 35.5 Å². The number of ether oxygens (including phenoxy) is 2. The van der Waals surface area contributed by atoms with Gasteiger partial charge < -0.3 is 24.2 Å². The van der Waals surface area contributed by atoms with Gasteiger partial charge in [-0.3, -0.25) is 0 Å². The highest BCUT2D eigenvalue weighted by molar-refractivity contribution is 5.74. The van der Waals surface area contributed by atoms with Crippen molar-refractivity contribution in [2.75, 3.05) is 32.9 Å². The van der Waals surface area contributed by atoms with Crippen molar-refractivity contribution in [1.29, 1.82) is 0 Å². The van der Waals surface area contributed by atoms with E-state index in [-0.39, 0.29) is 12.1 Å². The number of piperidine rings is 1. The monoisotopic (exact) mass is 414 g/mol. The number of benzene rings is 1. The van der Waals surface area contributed by atoms with E-state index < -0.39 is 0 Å². The van der Waals surface area contributed by atoms with Gasteiger partial charge in [-0.05, 0) is 31.2 Å². The molecule has 2 amide bonds. The Labute approximate surface area is 176 Å². The van der Waals surface area contributed by atoms with Crippen LogP contribution in [-0.4, -0.2) is 60.1 Å². The number of hydrogen-bond donors (Lipinski definition) is 1. The van der Waals surface area contributed by atoms with Crippen LogP contribution in [0, 0.1) is 0 Å². The summed E-state index contributed by atoms with van der Waals surface area (Å²) in [5.41, 5.74) is 1.09. The molecule has 0 aliphatic carbocycles. The second-order valence-electron chi connectivity index (χ2n) is 7.91. The fraction of sp³-hybridized carbons (Fsp3) is 0.591. The summed E-state index contributed by atoms with van der Waals surface area (Å²) in [6.45, 7) is 3.94. The van der Waals surface area contributed by atoms with E-state index in [1.807, 2.05) is 35.2 Å². The quantitative estimate of drug-likeness (QED) is 0.749. The second-order valence-corrected chi connectivity index (χ2v) is 7.91. The Bertz CT molecular complexity index is 791. The van der Waals surface area contributed by atoms with Gasteiger partial charge in [0.1, 0.15) is 0 Å². The number of carbonyl (C=O) groups is 1. The van der Waals surface area contributed by atoms with E-state index in [0.717, 1.165) is 51.0 Å². The Hall–Kier alpha value is -2.45. The molecule has 1 aromatic carbocycles. The number of likely N-dealkylation sites (tertiary alicyclic amines) is 1. The van der Waals surface area contributed by atoms with Gasteiger partial charge in [0, 0.05) is 45.2 Å². The summed E-state index contributed by atoms with van der Waals surface area (Å²) in [5.74, 6) is 1.71. The van der Waals surface area contributed by atoms with Gasteiger partial charge in [0.05, 0.1) is 12.7 Å². The highest BCUT2D eigenvalue weighted by Crippen LogP contribution is 2.25. The van der Waals surface area contributed by atoms with Crippen LogP contribution in [0.4, 0.5) is 4.79 Å². The molecule has 0 bridgehead atoms. The Morgan fingerprint density at radius 3 is 2.87 bits per heavy atom. The SMILES string of the molecule is O=C(NCc1ccccc1)N1CCCC(OCCc2noc(C3CCOCC3)n2)C1. The van der Waals surface area contributed by atoms with E-state index in [9.17, 15) is 4.79 Å². The van der Waals surface area contributed by atoms with Gasteiger partial charge in [0.2, 0.25) is 5.89 Å². The van der Waals surface area contributed by atoms with Gasteiger partial charge >= 0.3 is 6.03 Å². The number of urea groups is 1. The van der Waals surface area contributed by atoms with Crippen molar-refractivity contribution in [3.05, 3.63) is 47.6 Å². The normalized spacial score (nSPS) is 20.3. The van der Waals surface area contributed by atoms with Crippen molar-refractivity contribution in [3.63, 3.8) is 0 Å². The number of amides is 2. The van der Waals surface area contributed by atoms with Gasteiger partial charge in [-0.2, -0.15) is 4.98 Å². The third kappa shape index (κ3) is 5.79. The fourth-order valence-corrected chi connectivity index (χ4v) is 3.94. The topological polar surface area (TPSA) is 89.7 Å². The molecule has 2 aromatic rings. The van der Waals surface area contributed by atoms with E-state index in [4.69, 9.17) is 14.0 Å². The van der Waals surface area contributed by atoms with Crippen LogP contribution < -0.4 is 5.32 Å². The molecular weight excluding hydrogens is 384 g/mol. The zero-order valence-corrected chi connectivity index (χ0v) is 17.3. The van der Waals surface area contributed by atoms with Crippen LogP contribution in [0.2, 0.25) is 0 Å². The lowest BCUT2D eigenvalue weighted by molar-refractivity contribution is 0.0105. The Morgan fingerprint density at radius 2 is 2.03 bits per heavy atom. The third-order valence-corrected chi connectivity index (χ3v) is 5.69. The molecule has 0 spiro atoms. The molecule has 2 aliphatic rings. The summed E-state index contributed by atoms with van der Waals surface area (Å²) in [6, 6.07) is 9.90. The molecule has 0 radical (unpaired) electrons. The smallest absolute Gasteiger partial charge is 0.317 e. The summed E-state index contributed by atoms with van der Waals surface area (Å²) in [6.07, 6.45) is 4.43. The summed E-state index contributed by atoms with van der Waals surface area (Å²) < 4.78 is 16.8. The molecule has 2 saturated heterocycles. The number of hydrogen-bond acceptors (Lipinski definition) is 6.